The lowest BCUT2D eigenvalue weighted by Gasteiger charge is -2.23. The fourth-order valence-corrected chi connectivity index (χ4v) is 3.91. The van der Waals surface area contributed by atoms with E-state index in [1.807, 2.05) is 6.92 Å². The molecule has 8 heteroatoms. The summed E-state index contributed by atoms with van der Waals surface area (Å²) < 4.78 is 5.06. The highest BCUT2D eigenvalue weighted by molar-refractivity contribution is 7.99. The number of nitriles is 1. The zero-order chi connectivity index (χ0) is 22.9. The first kappa shape index (κ1) is 23.9. The molecule has 0 atom stereocenters. The number of hydrogen-bond donors (Lipinski definition) is 2. The van der Waals surface area contributed by atoms with E-state index in [0.717, 1.165) is 18.7 Å². The molecule has 0 aliphatic carbocycles. The average molecular weight is 465 g/mol. The fourth-order valence-electron chi connectivity index (χ4n) is 3.45. The zero-order valence-electron chi connectivity index (χ0n) is 18.6. The highest BCUT2D eigenvalue weighted by Crippen LogP contribution is 2.32. The summed E-state index contributed by atoms with van der Waals surface area (Å²) in [7, 11) is 2.08. The maximum Gasteiger partial charge on any atom is 0.226 e. The quantitative estimate of drug-likeness (QED) is 0.338. The van der Waals surface area contributed by atoms with Crippen molar-refractivity contribution < 1.29 is 0 Å². The molecule has 0 amide bonds. The van der Waals surface area contributed by atoms with E-state index in [-0.39, 0.29) is 0 Å². The number of thiol groups is 1. The number of nitrogens with one attached hydrogen (secondary N) is 1. The summed E-state index contributed by atoms with van der Waals surface area (Å²) in [5.74, 6) is 0.579. The van der Waals surface area contributed by atoms with E-state index >= 15 is 0 Å². The van der Waals surface area contributed by atoms with Crippen LogP contribution >= 0.6 is 24.8 Å². The highest BCUT2D eigenvalue weighted by Gasteiger charge is 2.13. The van der Waals surface area contributed by atoms with E-state index in [4.69, 9.17) is 0 Å². The van der Waals surface area contributed by atoms with Crippen molar-refractivity contribution in [3.8, 4) is 17.2 Å². The van der Waals surface area contributed by atoms with Crippen LogP contribution in [0.3, 0.4) is 0 Å². The minimum absolute atomic E-state index is 0.384. The molecule has 6 nitrogen and oxygen atoms in total. The smallest absolute Gasteiger partial charge is 0.226 e. The molecule has 0 aliphatic heterocycles. The summed E-state index contributed by atoms with van der Waals surface area (Å²) in [5.41, 5.74) is 6.02. The summed E-state index contributed by atoms with van der Waals surface area (Å²) in [6.45, 7) is 4.01. The molecule has 0 saturated heterocycles. The molecule has 166 valence electrons. The number of benzene rings is 2. The van der Waals surface area contributed by atoms with Gasteiger partial charge in [0.1, 0.15) is 11.8 Å². The molecule has 2 aromatic carbocycles. The molecular formula is C24H28N6S2. The molecule has 1 N–H and O–H groups in total. The van der Waals surface area contributed by atoms with Gasteiger partial charge in [-0.15, -0.1) is 0 Å². The Balaban J connectivity index is 1.76. The van der Waals surface area contributed by atoms with Crippen molar-refractivity contribution in [2.75, 3.05) is 42.1 Å². The number of hydrogen-bond acceptors (Lipinski definition) is 8. The second-order valence-corrected chi connectivity index (χ2v) is 8.57. The van der Waals surface area contributed by atoms with Crippen LogP contribution in [0, 0.1) is 18.3 Å². The van der Waals surface area contributed by atoms with Crippen molar-refractivity contribution in [2.24, 2.45) is 0 Å². The predicted octanol–water partition coefficient (Wildman–Crippen LogP) is 4.52. The van der Waals surface area contributed by atoms with E-state index in [1.54, 1.807) is 18.0 Å². The lowest BCUT2D eigenvalue weighted by Crippen LogP contribution is -2.33. The van der Waals surface area contributed by atoms with E-state index in [2.05, 4.69) is 105 Å². The van der Waals surface area contributed by atoms with Gasteiger partial charge in [0.25, 0.3) is 0 Å². The fraction of sp³-hybridized carbons (Fsp3) is 0.292. The Hall–Kier alpha value is -2.73. The predicted molar refractivity (Wildman–Crippen MR) is 138 cm³/mol. The van der Waals surface area contributed by atoms with Gasteiger partial charge in [-0.3, -0.25) is 4.72 Å². The van der Waals surface area contributed by atoms with Gasteiger partial charge in [-0.1, -0.05) is 67.2 Å². The summed E-state index contributed by atoms with van der Waals surface area (Å²) in [6.07, 6.45) is 2.92. The van der Waals surface area contributed by atoms with Gasteiger partial charge in [-0.2, -0.15) is 5.26 Å². The number of rotatable bonds is 10. The van der Waals surface area contributed by atoms with Crippen molar-refractivity contribution in [2.45, 2.75) is 13.3 Å². The van der Waals surface area contributed by atoms with Gasteiger partial charge in [0.05, 0.1) is 5.69 Å². The van der Waals surface area contributed by atoms with Gasteiger partial charge in [0, 0.05) is 44.2 Å². The Morgan fingerprint density at radius 3 is 2.53 bits per heavy atom. The van der Waals surface area contributed by atoms with Gasteiger partial charge in [-0.05, 0) is 36.6 Å². The van der Waals surface area contributed by atoms with Crippen molar-refractivity contribution in [3.63, 3.8) is 0 Å². The Morgan fingerprint density at radius 1 is 1.09 bits per heavy atom. The zero-order valence-corrected chi connectivity index (χ0v) is 20.3. The van der Waals surface area contributed by atoms with Crippen molar-refractivity contribution in [3.05, 3.63) is 71.5 Å². The van der Waals surface area contributed by atoms with Crippen LogP contribution in [-0.2, 0) is 6.42 Å². The van der Waals surface area contributed by atoms with Gasteiger partial charge < -0.3 is 9.21 Å². The van der Waals surface area contributed by atoms with Crippen LogP contribution in [0.1, 0.15) is 17.0 Å². The monoisotopic (exact) mass is 464 g/mol. The Kier molecular flexibility index (Phi) is 8.80. The van der Waals surface area contributed by atoms with Crippen LogP contribution in [0.15, 0.2) is 54.6 Å². The van der Waals surface area contributed by atoms with Crippen LogP contribution in [0.4, 0.5) is 11.6 Å². The summed E-state index contributed by atoms with van der Waals surface area (Å²) in [5, 5.41) is 9.25. The molecule has 0 aliphatic rings. The highest BCUT2D eigenvalue weighted by atomic mass is 32.2. The third-order valence-corrected chi connectivity index (χ3v) is 6.15. The Labute approximate surface area is 200 Å². The maximum absolute atomic E-state index is 9.25. The van der Waals surface area contributed by atoms with Crippen LogP contribution < -0.4 is 13.9 Å². The first-order chi connectivity index (χ1) is 15.5. The van der Waals surface area contributed by atoms with Crippen LogP contribution in [0.2, 0.25) is 0 Å². The summed E-state index contributed by atoms with van der Waals surface area (Å²) in [4.78, 5) is 11.0. The number of aryl methyl sites for hydroxylation is 1. The van der Waals surface area contributed by atoms with Gasteiger partial charge in [0.15, 0.2) is 0 Å². The molecule has 1 heterocycles. The van der Waals surface area contributed by atoms with Gasteiger partial charge in [-0.25, -0.2) is 9.97 Å². The lowest BCUT2D eigenvalue weighted by molar-refractivity contribution is 0.733. The Bertz CT molecular complexity index is 1060. The maximum atomic E-state index is 9.25. The third kappa shape index (κ3) is 6.16. The molecule has 0 fully saturated rings. The number of aromatic nitrogens is 2. The summed E-state index contributed by atoms with van der Waals surface area (Å²) >= 11 is 5.80. The normalized spacial score (nSPS) is 10.6. The molecule has 0 bridgehead atoms. The molecule has 0 radical (unpaired) electrons. The average Bonchev–Trinajstić information content (AvgIpc) is 2.83. The molecule has 3 rings (SSSR count). The molecule has 0 unspecified atom stereocenters. The number of anilines is 2. The van der Waals surface area contributed by atoms with Crippen molar-refractivity contribution in [1.29, 1.82) is 5.26 Å². The number of para-hydroxylation sites is 1. The van der Waals surface area contributed by atoms with Crippen LogP contribution in [-0.4, -0.2) is 42.9 Å². The van der Waals surface area contributed by atoms with E-state index in [9.17, 15) is 5.26 Å². The van der Waals surface area contributed by atoms with Crippen molar-refractivity contribution >= 4 is 36.4 Å². The standard InChI is InChI=1S/C24H28N6S2/c1-18-16-21(17-25)28-24(27-18)30(15-13-26-31)14-12-19-8-10-20(11-9-19)22-6-4-5-7-23(22)29(2)32-3/h4-11,16,26,31H,12-15H2,1-3H3. The third-order valence-electron chi connectivity index (χ3n) is 5.19. The van der Waals surface area contributed by atoms with Gasteiger partial charge in [0.2, 0.25) is 5.95 Å². The first-order valence-electron chi connectivity index (χ1n) is 10.4. The van der Waals surface area contributed by atoms with E-state index in [1.165, 1.54) is 22.4 Å². The van der Waals surface area contributed by atoms with Gasteiger partial charge >= 0.3 is 0 Å². The minimum atomic E-state index is 0.384. The lowest BCUT2D eigenvalue weighted by atomic mass is 10.0. The largest absolute Gasteiger partial charge is 0.339 e. The Morgan fingerprint density at radius 2 is 1.84 bits per heavy atom. The second-order valence-electron chi connectivity index (χ2n) is 7.35. The van der Waals surface area contributed by atoms with E-state index < -0.39 is 0 Å². The second kappa shape index (κ2) is 11.8. The molecular weight excluding hydrogens is 436 g/mol. The first-order valence-corrected chi connectivity index (χ1v) is 12.0. The molecule has 1 aromatic heterocycles. The molecule has 32 heavy (non-hydrogen) atoms. The van der Waals surface area contributed by atoms with E-state index in [0.29, 0.717) is 24.7 Å². The SMILES string of the molecule is CSN(C)c1ccccc1-c1ccc(CCN(CCNS)c2nc(C)cc(C#N)n2)cc1. The topological polar surface area (TPSA) is 68.1 Å². The van der Waals surface area contributed by atoms with Crippen LogP contribution in [0.5, 0.6) is 0 Å². The summed E-state index contributed by atoms with van der Waals surface area (Å²) in [6, 6.07) is 21.0. The van der Waals surface area contributed by atoms with Crippen LogP contribution in [0.25, 0.3) is 11.1 Å². The molecule has 3 aromatic rings. The molecule has 0 saturated carbocycles. The van der Waals surface area contributed by atoms with Crippen molar-refractivity contribution in [1.82, 2.24) is 14.7 Å². The molecule has 0 spiro atoms. The number of nitrogens with zero attached hydrogens (tertiary/aromatic N) is 5. The minimum Gasteiger partial charge on any atom is -0.339 e.